The summed E-state index contributed by atoms with van der Waals surface area (Å²) >= 11 is 0. The van der Waals surface area contributed by atoms with Gasteiger partial charge in [-0.05, 0) is 56.7 Å². The zero-order valence-corrected chi connectivity index (χ0v) is 16.4. The zero-order valence-electron chi connectivity index (χ0n) is 16.4. The lowest BCUT2D eigenvalue weighted by atomic mass is 9.99. The first kappa shape index (κ1) is 20.1. The van der Waals surface area contributed by atoms with Gasteiger partial charge in [-0.15, -0.1) is 0 Å². The van der Waals surface area contributed by atoms with Gasteiger partial charge in [-0.2, -0.15) is 0 Å². The molecule has 148 valence electrons. The molecule has 1 aromatic heterocycles. The largest absolute Gasteiger partial charge is 0.459 e. The maximum atomic E-state index is 12.7. The Kier molecular flexibility index (Phi) is 5.93. The van der Waals surface area contributed by atoms with Gasteiger partial charge in [-0.3, -0.25) is 9.59 Å². The minimum Gasteiger partial charge on any atom is -0.459 e. The third kappa shape index (κ3) is 4.60. The van der Waals surface area contributed by atoms with E-state index < -0.39 is 18.0 Å². The highest BCUT2D eigenvalue weighted by atomic mass is 16.5. The third-order valence-electron chi connectivity index (χ3n) is 4.45. The van der Waals surface area contributed by atoms with Crippen molar-refractivity contribution in [3.63, 3.8) is 0 Å². The summed E-state index contributed by atoms with van der Waals surface area (Å²) in [5.41, 5.74) is 2.70. The Morgan fingerprint density at radius 3 is 2.45 bits per heavy atom. The molecule has 0 radical (unpaired) electrons. The Morgan fingerprint density at radius 1 is 0.966 bits per heavy atom. The maximum Gasteiger partial charge on any atom is 0.340 e. The van der Waals surface area contributed by atoms with Crippen LogP contribution in [0.5, 0.6) is 0 Å². The molecule has 1 N–H and O–H groups in total. The van der Waals surface area contributed by atoms with E-state index in [4.69, 9.17) is 9.15 Å². The first-order valence-electron chi connectivity index (χ1n) is 9.13. The van der Waals surface area contributed by atoms with Crippen LogP contribution in [0.25, 0.3) is 0 Å². The fraction of sp³-hybridized carbons (Fsp3) is 0.174. The van der Waals surface area contributed by atoms with Crippen LogP contribution in [0.3, 0.4) is 0 Å². The van der Waals surface area contributed by atoms with Gasteiger partial charge in [-0.25, -0.2) is 4.79 Å². The Hall–Kier alpha value is -3.67. The number of furan rings is 1. The highest BCUT2D eigenvalue weighted by Gasteiger charge is 2.24. The van der Waals surface area contributed by atoms with E-state index in [9.17, 15) is 14.4 Å². The summed E-state index contributed by atoms with van der Waals surface area (Å²) in [4.78, 5) is 37.6. The SMILES string of the molecule is Cc1ccc(C)c(C(=O)[C@H](C)OC(=O)c2ccccc2NC(=O)c2ccco2)c1. The van der Waals surface area contributed by atoms with Gasteiger partial charge in [0, 0.05) is 5.56 Å². The fourth-order valence-corrected chi connectivity index (χ4v) is 2.86. The van der Waals surface area contributed by atoms with Gasteiger partial charge in [0.1, 0.15) is 0 Å². The van der Waals surface area contributed by atoms with Crippen molar-refractivity contribution in [3.8, 4) is 0 Å². The number of amides is 1. The molecule has 1 atom stereocenters. The van der Waals surface area contributed by atoms with Gasteiger partial charge >= 0.3 is 5.97 Å². The van der Waals surface area contributed by atoms with Crippen molar-refractivity contribution in [1.82, 2.24) is 0 Å². The molecule has 0 unspecified atom stereocenters. The van der Waals surface area contributed by atoms with Gasteiger partial charge in [0.25, 0.3) is 5.91 Å². The monoisotopic (exact) mass is 391 g/mol. The standard InChI is InChI=1S/C23H21NO5/c1-14-10-11-15(2)18(13-14)21(25)16(3)29-23(27)17-7-4-5-8-19(17)24-22(26)20-9-6-12-28-20/h4-13,16H,1-3H3,(H,24,26)/t16-/m0/s1. The number of carbonyl (C=O) groups is 3. The molecule has 0 spiro atoms. The third-order valence-corrected chi connectivity index (χ3v) is 4.45. The summed E-state index contributed by atoms with van der Waals surface area (Å²) in [7, 11) is 0. The van der Waals surface area contributed by atoms with Gasteiger partial charge in [0.05, 0.1) is 17.5 Å². The molecule has 6 nitrogen and oxygen atoms in total. The molecule has 3 aromatic rings. The average molecular weight is 391 g/mol. The molecule has 2 aromatic carbocycles. The molecule has 0 bridgehead atoms. The number of ketones is 1. The first-order valence-corrected chi connectivity index (χ1v) is 9.13. The van der Waals surface area contributed by atoms with Crippen LogP contribution < -0.4 is 5.32 Å². The lowest BCUT2D eigenvalue weighted by molar-refractivity contribution is 0.0319. The molecular formula is C23H21NO5. The topological polar surface area (TPSA) is 85.6 Å². The number of para-hydroxylation sites is 1. The van der Waals surface area contributed by atoms with Crippen molar-refractivity contribution in [2.24, 2.45) is 0 Å². The second kappa shape index (κ2) is 8.56. The van der Waals surface area contributed by atoms with E-state index in [0.29, 0.717) is 5.56 Å². The minimum atomic E-state index is -0.975. The highest BCUT2D eigenvalue weighted by Crippen LogP contribution is 2.20. The molecule has 0 aliphatic carbocycles. The number of carbonyl (C=O) groups excluding carboxylic acids is 3. The van der Waals surface area contributed by atoms with E-state index in [1.165, 1.54) is 25.3 Å². The minimum absolute atomic E-state index is 0.117. The van der Waals surface area contributed by atoms with Gasteiger partial charge in [0.15, 0.2) is 11.9 Å². The average Bonchev–Trinajstić information content (AvgIpc) is 3.24. The van der Waals surface area contributed by atoms with Crippen LogP contribution >= 0.6 is 0 Å². The number of rotatable bonds is 6. The summed E-state index contributed by atoms with van der Waals surface area (Å²) < 4.78 is 10.5. The summed E-state index contributed by atoms with van der Waals surface area (Å²) in [6, 6.07) is 15.1. The molecule has 0 fully saturated rings. The van der Waals surface area contributed by atoms with Crippen LogP contribution in [0.2, 0.25) is 0 Å². The van der Waals surface area contributed by atoms with Crippen LogP contribution in [-0.2, 0) is 4.74 Å². The summed E-state index contributed by atoms with van der Waals surface area (Å²) in [6.45, 7) is 5.26. The van der Waals surface area contributed by atoms with Gasteiger partial charge in [-0.1, -0.05) is 29.8 Å². The molecule has 6 heteroatoms. The molecule has 3 rings (SSSR count). The molecule has 1 amide bonds. The van der Waals surface area contributed by atoms with Crippen molar-refractivity contribution in [2.45, 2.75) is 26.9 Å². The number of nitrogens with one attached hydrogen (secondary N) is 1. The van der Waals surface area contributed by atoms with Gasteiger partial charge in [0.2, 0.25) is 5.78 Å². The molecule has 0 aliphatic heterocycles. The Bertz CT molecular complexity index is 1050. The Balaban J connectivity index is 1.76. The maximum absolute atomic E-state index is 12.7. The molecule has 29 heavy (non-hydrogen) atoms. The number of hydrogen-bond acceptors (Lipinski definition) is 5. The lowest BCUT2D eigenvalue weighted by Crippen LogP contribution is -2.26. The number of Topliss-reactive ketones (excluding diaryl/α,β-unsaturated/α-hetero) is 1. The van der Waals surface area contributed by atoms with Crippen LogP contribution in [0.4, 0.5) is 5.69 Å². The van der Waals surface area contributed by atoms with E-state index in [0.717, 1.165) is 11.1 Å². The van der Waals surface area contributed by atoms with Crippen molar-refractivity contribution in [3.05, 3.63) is 88.9 Å². The van der Waals surface area contributed by atoms with E-state index >= 15 is 0 Å². The van der Waals surface area contributed by atoms with Crippen LogP contribution in [-0.4, -0.2) is 23.8 Å². The van der Waals surface area contributed by atoms with E-state index in [1.54, 1.807) is 30.3 Å². The molecule has 0 saturated heterocycles. The predicted molar refractivity (Wildman–Crippen MR) is 108 cm³/mol. The number of esters is 1. The van der Waals surface area contributed by atoms with Crippen molar-refractivity contribution >= 4 is 23.3 Å². The summed E-state index contributed by atoms with van der Waals surface area (Å²) in [5, 5.41) is 2.63. The quantitative estimate of drug-likeness (QED) is 0.491. The number of aryl methyl sites for hydroxylation is 2. The molecule has 0 aliphatic rings. The van der Waals surface area contributed by atoms with Gasteiger partial charge < -0.3 is 14.5 Å². The first-order chi connectivity index (χ1) is 13.9. The number of hydrogen-bond donors (Lipinski definition) is 1. The molecule has 0 saturated carbocycles. The Labute approximate surface area is 168 Å². The fourth-order valence-electron chi connectivity index (χ4n) is 2.86. The molecular weight excluding hydrogens is 370 g/mol. The van der Waals surface area contributed by atoms with Crippen LogP contribution in [0.15, 0.2) is 65.3 Å². The smallest absolute Gasteiger partial charge is 0.340 e. The number of benzene rings is 2. The second-order valence-corrected chi connectivity index (χ2v) is 6.71. The van der Waals surface area contributed by atoms with E-state index in [1.807, 2.05) is 26.0 Å². The van der Waals surface area contributed by atoms with Crippen LogP contribution in [0.1, 0.15) is 49.3 Å². The van der Waals surface area contributed by atoms with E-state index in [2.05, 4.69) is 5.32 Å². The predicted octanol–water partition coefficient (Wildman–Crippen LogP) is 4.58. The Morgan fingerprint density at radius 2 is 1.72 bits per heavy atom. The van der Waals surface area contributed by atoms with Crippen molar-refractivity contribution in [1.29, 1.82) is 0 Å². The summed E-state index contributed by atoms with van der Waals surface area (Å²) in [5.74, 6) is -1.36. The lowest BCUT2D eigenvalue weighted by Gasteiger charge is -2.16. The van der Waals surface area contributed by atoms with Crippen LogP contribution in [0, 0.1) is 13.8 Å². The number of ether oxygens (including phenoxy) is 1. The normalized spacial score (nSPS) is 11.6. The van der Waals surface area contributed by atoms with E-state index in [-0.39, 0.29) is 22.8 Å². The van der Waals surface area contributed by atoms with Crippen molar-refractivity contribution < 1.29 is 23.5 Å². The van der Waals surface area contributed by atoms with Crippen molar-refractivity contribution in [2.75, 3.05) is 5.32 Å². The zero-order chi connectivity index (χ0) is 21.0. The summed E-state index contributed by atoms with van der Waals surface area (Å²) in [6.07, 6.45) is 0.409. The second-order valence-electron chi connectivity index (χ2n) is 6.71. The molecule has 1 heterocycles. The highest BCUT2D eigenvalue weighted by molar-refractivity contribution is 6.07. The number of anilines is 1.